The summed E-state index contributed by atoms with van der Waals surface area (Å²) in [5.74, 6) is -3.33. The zero-order chi connectivity index (χ0) is 17.7. The van der Waals surface area contributed by atoms with Crippen LogP contribution < -0.4 is 5.32 Å². The van der Waals surface area contributed by atoms with E-state index < -0.39 is 34.8 Å². The Hall–Kier alpha value is -2.96. The number of halogens is 2. The van der Waals surface area contributed by atoms with Crippen molar-refractivity contribution in [3.05, 3.63) is 71.3 Å². The van der Waals surface area contributed by atoms with E-state index in [0.29, 0.717) is 5.56 Å². The molecule has 0 fully saturated rings. The van der Waals surface area contributed by atoms with Crippen molar-refractivity contribution in [3.8, 4) is 0 Å². The maximum atomic E-state index is 13.9. The molecule has 7 heteroatoms. The van der Waals surface area contributed by atoms with Gasteiger partial charge in [-0.25, -0.2) is 18.4 Å². The number of ether oxygens (including phenoxy) is 1. The lowest BCUT2D eigenvalue weighted by Crippen LogP contribution is -2.50. The molecule has 0 aliphatic rings. The Bertz CT molecular complexity index is 752. The summed E-state index contributed by atoms with van der Waals surface area (Å²) in [5, 5.41) is 11.5. The molecule has 1 amide bonds. The number of carboxylic acids is 1. The lowest BCUT2D eigenvalue weighted by molar-refractivity contribution is -0.144. The average molecular weight is 335 g/mol. The predicted molar refractivity (Wildman–Crippen MR) is 81.1 cm³/mol. The molecule has 0 aliphatic heterocycles. The first-order valence-electron chi connectivity index (χ1n) is 7.00. The van der Waals surface area contributed by atoms with E-state index in [1.807, 2.05) is 0 Å². The number of nitrogens with one attached hydrogen (secondary N) is 1. The van der Waals surface area contributed by atoms with Gasteiger partial charge in [0.2, 0.25) is 0 Å². The normalized spacial score (nSPS) is 13.0. The second-order valence-electron chi connectivity index (χ2n) is 5.24. The Morgan fingerprint density at radius 3 is 2.46 bits per heavy atom. The van der Waals surface area contributed by atoms with E-state index in [0.717, 1.165) is 25.1 Å². The molecule has 0 bridgehead atoms. The minimum absolute atomic E-state index is 0.0893. The van der Waals surface area contributed by atoms with Crippen LogP contribution in [0.5, 0.6) is 0 Å². The molecule has 5 nitrogen and oxygen atoms in total. The molecule has 2 N–H and O–H groups in total. The van der Waals surface area contributed by atoms with Gasteiger partial charge in [0, 0.05) is 5.56 Å². The molecule has 2 rings (SSSR count). The first-order valence-corrected chi connectivity index (χ1v) is 7.00. The van der Waals surface area contributed by atoms with Gasteiger partial charge < -0.3 is 15.2 Å². The molecule has 1 atom stereocenters. The van der Waals surface area contributed by atoms with Gasteiger partial charge in [-0.3, -0.25) is 0 Å². The number of carbonyl (C=O) groups is 2. The van der Waals surface area contributed by atoms with Gasteiger partial charge in [-0.05, 0) is 30.7 Å². The molecular weight excluding hydrogens is 320 g/mol. The van der Waals surface area contributed by atoms with Crippen molar-refractivity contribution in [2.75, 3.05) is 0 Å². The first-order chi connectivity index (χ1) is 11.3. The Morgan fingerprint density at radius 1 is 1.17 bits per heavy atom. The molecule has 1 unspecified atom stereocenters. The Kier molecular flexibility index (Phi) is 5.13. The van der Waals surface area contributed by atoms with E-state index >= 15 is 0 Å². The Morgan fingerprint density at radius 2 is 1.83 bits per heavy atom. The second-order valence-corrected chi connectivity index (χ2v) is 5.24. The number of aliphatic carboxylic acids is 1. The van der Waals surface area contributed by atoms with E-state index in [4.69, 9.17) is 4.74 Å². The number of alkyl carbamates (subject to hydrolysis) is 1. The summed E-state index contributed by atoms with van der Waals surface area (Å²) in [4.78, 5) is 23.4. The van der Waals surface area contributed by atoms with Crippen molar-refractivity contribution in [2.24, 2.45) is 0 Å². The number of carbonyl (C=O) groups excluding carboxylic acids is 1. The Balaban J connectivity index is 2.17. The van der Waals surface area contributed by atoms with Gasteiger partial charge in [0.05, 0.1) is 0 Å². The van der Waals surface area contributed by atoms with Crippen LogP contribution in [0.4, 0.5) is 13.6 Å². The largest absolute Gasteiger partial charge is 0.479 e. The summed E-state index contributed by atoms with van der Waals surface area (Å²) < 4.78 is 32.2. The van der Waals surface area contributed by atoms with Crippen molar-refractivity contribution in [1.82, 2.24) is 5.32 Å². The highest BCUT2D eigenvalue weighted by Crippen LogP contribution is 2.25. The first kappa shape index (κ1) is 17.4. The van der Waals surface area contributed by atoms with Gasteiger partial charge in [0.25, 0.3) is 0 Å². The van der Waals surface area contributed by atoms with Gasteiger partial charge in [0.1, 0.15) is 18.2 Å². The van der Waals surface area contributed by atoms with E-state index in [-0.39, 0.29) is 6.61 Å². The van der Waals surface area contributed by atoms with Gasteiger partial charge in [-0.1, -0.05) is 30.3 Å². The molecule has 0 aromatic heterocycles. The van der Waals surface area contributed by atoms with Crippen molar-refractivity contribution in [2.45, 2.75) is 19.1 Å². The van der Waals surface area contributed by atoms with E-state index in [1.54, 1.807) is 30.3 Å². The van der Waals surface area contributed by atoms with Crippen molar-refractivity contribution in [1.29, 1.82) is 0 Å². The fourth-order valence-electron chi connectivity index (χ4n) is 2.08. The van der Waals surface area contributed by atoms with Crippen molar-refractivity contribution >= 4 is 12.1 Å². The van der Waals surface area contributed by atoms with Gasteiger partial charge in [-0.2, -0.15) is 0 Å². The highest BCUT2D eigenvalue weighted by molar-refractivity contribution is 5.85. The molecule has 2 aromatic carbocycles. The minimum atomic E-state index is -2.18. The quantitative estimate of drug-likeness (QED) is 0.880. The lowest BCUT2D eigenvalue weighted by atomic mass is 9.91. The van der Waals surface area contributed by atoms with Gasteiger partial charge in [-0.15, -0.1) is 0 Å². The lowest BCUT2D eigenvalue weighted by Gasteiger charge is -2.26. The molecular formula is C17H15F2NO4. The van der Waals surface area contributed by atoms with Crippen LogP contribution in [0, 0.1) is 11.6 Å². The number of benzene rings is 2. The average Bonchev–Trinajstić information content (AvgIpc) is 2.56. The zero-order valence-corrected chi connectivity index (χ0v) is 12.8. The SMILES string of the molecule is CC(NC(=O)OCc1ccccc1)(C(=O)O)c1cc(F)ccc1F. The van der Waals surface area contributed by atoms with E-state index in [2.05, 4.69) is 5.32 Å². The van der Waals surface area contributed by atoms with Crippen LogP contribution in [0.15, 0.2) is 48.5 Å². The summed E-state index contributed by atoms with van der Waals surface area (Å²) in [6, 6.07) is 11.1. The molecule has 24 heavy (non-hydrogen) atoms. The minimum Gasteiger partial charge on any atom is -0.479 e. The molecule has 2 aromatic rings. The Labute approximate surface area is 136 Å². The summed E-state index contributed by atoms with van der Waals surface area (Å²) in [6.07, 6.45) is -1.06. The summed E-state index contributed by atoms with van der Waals surface area (Å²) in [6.45, 7) is 0.963. The predicted octanol–water partition coefficient (Wildman–Crippen LogP) is 3.19. The number of hydrogen-bond donors (Lipinski definition) is 2. The fraction of sp³-hybridized carbons (Fsp3) is 0.176. The van der Waals surface area contributed by atoms with Crippen LogP contribution >= 0.6 is 0 Å². The zero-order valence-electron chi connectivity index (χ0n) is 12.8. The number of hydrogen-bond acceptors (Lipinski definition) is 3. The van der Waals surface area contributed by atoms with E-state index in [9.17, 15) is 23.5 Å². The number of carboxylic acid groups (broad SMARTS) is 1. The van der Waals surface area contributed by atoms with Crippen LogP contribution in [0.25, 0.3) is 0 Å². The maximum Gasteiger partial charge on any atom is 0.408 e. The van der Waals surface area contributed by atoms with Crippen LogP contribution in [0.1, 0.15) is 18.1 Å². The van der Waals surface area contributed by atoms with Crippen LogP contribution in [0.3, 0.4) is 0 Å². The van der Waals surface area contributed by atoms with Crippen molar-refractivity contribution in [3.63, 3.8) is 0 Å². The highest BCUT2D eigenvalue weighted by atomic mass is 19.1. The van der Waals surface area contributed by atoms with E-state index in [1.165, 1.54) is 0 Å². The standard InChI is InChI=1S/C17H15F2NO4/c1-17(15(21)22,13-9-12(18)7-8-14(13)19)20-16(23)24-10-11-5-3-2-4-6-11/h2-9H,10H2,1H3,(H,20,23)(H,21,22). The number of amides is 1. The van der Waals surface area contributed by atoms with Gasteiger partial charge in [0.15, 0.2) is 5.54 Å². The topological polar surface area (TPSA) is 75.6 Å². The van der Waals surface area contributed by atoms with Crippen molar-refractivity contribution < 1.29 is 28.2 Å². The molecule has 126 valence electrons. The molecule has 0 saturated heterocycles. The van der Waals surface area contributed by atoms with Gasteiger partial charge >= 0.3 is 12.1 Å². The second kappa shape index (κ2) is 7.08. The summed E-state index contributed by atoms with van der Waals surface area (Å²) in [5.41, 5.74) is -1.99. The maximum absolute atomic E-state index is 13.9. The third-order valence-electron chi connectivity index (χ3n) is 3.46. The molecule has 0 spiro atoms. The molecule has 0 radical (unpaired) electrons. The fourth-order valence-corrected chi connectivity index (χ4v) is 2.08. The third kappa shape index (κ3) is 3.87. The number of rotatable bonds is 5. The smallest absolute Gasteiger partial charge is 0.408 e. The third-order valence-corrected chi connectivity index (χ3v) is 3.46. The monoisotopic (exact) mass is 335 g/mol. The molecule has 0 saturated carbocycles. The summed E-state index contributed by atoms with van der Waals surface area (Å²) in [7, 11) is 0. The molecule has 0 heterocycles. The van der Waals surface area contributed by atoms with Crippen LogP contribution in [-0.4, -0.2) is 17.2 Å². The van der Waals surface area contributed by atoms with Crippen LogP contribution in [0.2, 0.25) is 0 Å². The van der Waals surface area contributed by atoms with Crippen LogP contribution in [-0.2, 0) is 21.7 Å². The summed E-state index contributed by atoms with van der Waals surface area (Å²) >= 11 is 0. The molecule has 0 aliphatic carbocycles. The highest BCUT2D eigenvalue weighted by Gasteiger charge is 2.40.